The fourth-order valence-electron chi connectivity index (χ4n) is 3.11. The van der Waals surface area contributed by atoms with Gasteiger partial charge in [-0.3, -0.25) is 0 Å². The minimum atomic E-state index is -0.993. The lowest BCUT2D eigenvalue weighted by Gasteiger charge is -2.13. The Hall–Kier alpha value is -3.47. The summed E-state index contributed by atoms with van der Waals surface area (Å²) in [6, 6.07) is 14.1. The number of oxime groups is 1. The van der Waals surface area contributed by atoms with Gasteiger partial charge in [-0.15, -0.1) is 0 Å². The summed E-state index contributed by atoms with van der Waals surface area (Å²) >= 11 is 5.94. The van der Waals surface area contributed by atoms with E-state index in [1.165, 1.54) is 0 Å². The second-order valence-corrected chi connectivity index (χ2v) is 8.44. The Morgan fingerprint density at radius 3 is 2.28 bits per heavy atom. The molecule has 1 aromatic heterocycles. The third-order valence-electron chi connectivity index (χ3n) is 5.02. The number of aromatic nitrogens is 2. The van der Waals surface area contributed by atoms with Gasteiger partial charge in [-0.2, -0.15) is 4.98 Å². The normalized spacial score (nSPS) is 11.9. The Morgan fingerprint density at radius 1 is 1.03 bits per heavy atom. The first-order valence-corrected chi connectivity index (χ1v) is 13.2. The highest BCUT2D eigenvalue weighted by Gasteiger charge is 2.19. The lowest BCUT2D eigenvalue weighted by atomic mass is 10.1. The molecule has 1 atom stereocenters. The Bertz CT molecular complexity index is 1130. The first-order chi connectivity index (χ1) is 18.9. The van der Waals surface area contributed by atoms with Crippen LogP contribution in [0.3, 0.4) is 0 Å². The molecule has 10 nitrogen and oxygen atoms in total. The summed E-state index contributed by atoms with van der Waals surface area (Å²) in [5.74, 6) is 0.139. The molecular weight excluding hydrogens is 526 g/mol. The average molecular weight is 562 g/mol. The van der Waals surface area contributed by atoms with Crippen molar-refractivity contribution in [3.05, 3.63) is 65.0 Å². The van der Waals surface area contributed by atoms with E-state index in [-0.39, 0.29) is 18.9 Å². The van der Waals surface area contributed by atoms with E-state index >= 15 is 0 Å². The van der Waals surface area contributed by atoms with Crippen molar-refractivity contribution in [3.8, 4) is 17.1 Å². The van der Waals surface area contributed by atoms with E-state index in [2.05, 4.69) is 15.3 Å². The number of ether oxygens (including phenoxy) is 3. The van der Waals surface area contributed by atoms with Crippen molar-refractivity contribution >= 4 is 23.3 Å². The number of rotatable bonds is 15. The summed E-state index contributed by atoms with van der Waals surface area (Å²) in [6.07, 6.45) is 0.160. The van der Waals surface area contributed by atoms with Gasteiger partial charge in [0.2, 0.25) is 5.82 Å². The monoisotopic (exact) mass is 561 g/mol. The summed E-state index contributed by atoms with van der Waals surface area (Å²) in [6.45, 7) is 10.2. The molecule has 1 heterocycles. The van der Waals surface area contributed by atoms with Crippen molar-refractivity contribution in [2.24, 2.45) is 5.16 Å². The zero-order valence-electron chi connectivity index (χ0n) is 22.8. The molecule has 0 radical (unpaired) electrons. The summed E-state index contributed by atoms with van der Waals surface area (Å²) in [5, 5.41) is 18.0. The van der Waals surface area contributed by atoms with Crippen LogP contribution in [0.5, 0.6) is 5.75 Å². The van der Waals surface area contributed by atoms with Crippen LogP contribution in [-0.4, -0.2) is 66.1 Å². The first kappa shape index (κ1) is 31.7. The number of benzene rings is 2. The van der Waals surface area contributed by atoms with Gasteiger partial charge in [0, 0.05) is 36.8 Å². The average Bonchev–Trinajstić information content (AvgIpc) is 3.42. The predicted octanol–water partition coefficient (Wildman–Crippen LogP) is 5.67. The van der Waals surface area contributed by atoms with Crippen LogP contribution in [-0.2, 0) is 25.5 Å². The maximum absolute atomic E-state index is 11.3. The van der Waals surface area contributed by atoms with Crippen LogP contribution in [0, 0.1) is 0 Å². The maximum Gasteiger partial charge on any atom is 0.333 e. The number of carbonyl (C=O) groups is 1. The van der Waals surface area contributed by atoms with Crippen LogP contribution in [0.4, 0.5) is 0 Å². The molecule has 0 fully saturated rings. The Morgan fingerprint density at radius 2 is 1.72 bits per heavy atom. The van der Waals surface area contributed by atoms with Crippen LogP contribution in [0.15, 0.2) is 58.2 Å². The zero-order valence-corrected chi connectivity index (χ0v) is 23.5. The Kier molecular flexibility index (Phi) is 14.6. The van der Waals surface area contributed by atoms with E-state index < -0.39 is 12.1 Å². The highest BCUT2D eigenvalue weighted by atomic mass is 35.5. The fourth-order valence-corrected chi connectivity index (χ4v) is 3.24. The van der Waals surface area contributed by atoms with Crippen LogP contribution in [0.2, 0.25) is 5.02 Å². The molecule has 1 unspecified atom stereocenters. The molecule has 0 spiro atoms. The molecule has 0 aliphatic carbocycles. The van der Waals surface area contributed by atoms with Gasteiger partial charge >= 0.3 is 5.97 Å². The number of aliphatic carboxylic acids is 1. The Balaban J connectivity index is 0.000000976. The topological polar surface area (TPSA) is 126 Å². The summed E-state index contributed by atoms with van der Waals surface area (Å²) in [7, 11) is 0. The molecule has 3 aromatic rings. The molecular formula is C28H36ClN3O7. The van der Waals surface area contributed by atoms with Crippen molar-refractivity contribution in [2.45, 2.75) is 46.6 Å². The van der Waals surface area contributed by atoms with Crippen molar-refractivity contribution in [1.82, 2.24) is 10.1 Å². The number of carboxylic acids is 1. The minimum absolute atomic E-state index is 0.0298. The molecule has 0 amide bonds. The number of halogens is 1. The molecule has 39 heavy (non-hydrogen) atoms. The van der Waals surface area contributed by atoms with E-state index in [9.17, 15) is 9.90 Å². The predicted molar refractivity (Wildman–Crippen MR) is 148 cm³/mol. The summed E-state index contributed by atoms with van der Waals surface area (Å²) in [4.78, 5) is 21.0. The fraction of sp³-hybridized carbons (Fsp3) is 0.429. The van der Waals surface area contributed by atoms with Gasteiger partial charge in [0.25, 0.3) is 5.89 Å². The van der Waals surface area contributed by atoms with E-state index in [0.29, 0.717) is 35.5 Å². The molecule has 1 N–H and O–H groups in total. The lowest BCUT2D eigenvalue weighted by molar-refractivity contribution is -0.149. The largest absolute Gasteiger partial charge is 0.487 e. The Labute approximate surface area is 233 Å². The third-order valence-corrected chi connectivity index (χ3v) is 5.27. The van der Waals surface area contributed by atoms with Gasteiger partial charge in [-0.25, -0.2) is 4.79 Å². The zero-order chi connectivity index (χ0) is 28.5. The van der Waals surface area contributed by atoms with Crippen LogP contribution >= 0.6 is 11.6 Å². The van der Waals surface area contributed by atoms with Crippen LogP contribution in [0.25, 0.3) is 11.4 Å². The van der Waals surface area contributed by atoms with Gasteiger partial charge < -0.3 is 28.7 Å². The van der Waals surface area contributed by atoms with Crippen molar-refractivity contribution in [1.29, 1.82) is 0 Å². The summed E-state index contributed by atoms with van der Waals surface area (Å²) in [5.41, 5.74) is 1.90. The molecule has 0 saturated carbocycles. The van der Waals surface area contributed by atoms with Gasteiger partial charge in [0.05, 0.1) is 0 Å². The molecule has 11 heteroatoms. The van der Waals surface area contributed by atoms with E-state index in [1.807, 2.05) is 20.8 Å². The van der Waals surface area contributed by atoms with Crippen molar-refractivity contribution < 1.29 is 33.5 Å². The minimum Gasteiger partial charge on any atom is -0.487 e. The van der Waals surface area contributed by atoms with Crippen molar-refractivity contribution in [3.63, 3.8) is 0 Å². The van der Waals surface area contributed by atoms with Gasteiger partial charge in [0.15, 0.2) is 11.8 Å². The molecule has 0 bridgehead atoms. The van der Waals surface area contributed by atoms with Crippen molar-refractivity contribution in [2.75, 3.05) is 33.0 Å². The highest BCUT2D eigenvalue weighted by molar-refractivity contribution is 6.30. The van der Waals surface area contributed by atoms with Gasteiger partial charge in [-0.1, -0.05) is 41.0 Å². The number of nitrogens with zero attached hydrogens (tertiary/aromatic N) is 3. The molecule has 0 aliphatic rings. The van der Waals surface area contributed by atoms with E-state index in [0.717, 1.165) is 30.8 Å². The highest BCUT2D eigenvalue weighted by Crippen LogP contribution is 2.20. The SMILES string of the molecule is CCCON=C(COc1ccc(CC(OCC)C(=O)O)cc1)c1nc(-c2ccc(Cl)cc2)no1.CCOCC. The quantitative estimate of drug-likeness (QED) is 0.142. The first-order valence-electron chi connectivity index (χ1n) is 12.8. The number of hydrogen-bond acceptors (Lipinski definition) is 9. The molecule has 2 aromatic carbocycles. The maximum atomic E-state index is 11.3. The smallest absolute Gasteiger partial charge is 0.333 e. The molecule has 3 rings (SSSR count). The van der Waals surface area contributed by atoms with Gasteiger partial charge in [0.1, 0.15) is 19.0 Å². The second kappa shape index (κ2) is 17.9. The van der Waals surface area contributed by atoms with Crippen LogP contribution in [0.1, 0.15) is 45.6 Å². The molecule has 212 valence electrons. The van der Waals surface area contributed by atoms with E-state index in [4.69, 9.17) is 35.2 Å². The number of hydrogen-bond donors (Lipinski definition) is 1. The second-order valence-electron chi connectivity index (χ2n) is 8.00. The van der Waals surface area contributed by atoms with E-state index in [1.54, 1.807) is 55.5 Å². The standard InChI is InChI=1S/C24H26ClN3O6.C4H10O/c1-3-13-33-27-20(23-26-22(28-34-23)17-7-9-18(25)10-8-17)15-32-19-11-5-16(6-12-19)14-21(24(29)30)31-4-2;1-3-5-4-2/h5-12,21H,3-4,13-15H2,1-2H3,(H,29,30);3-4H2,1-2H3. The lowest BCUT2D eigenvalue weighted by Crippen LogP contribution is -2.26. The number of carboxylic acid groups (broad SMARTS) is 1. The molecule has 0 aliphatic heterocycles. The summed E-state index contributed by atoms with van der Waals surface area (Å²) < 4.78 is 21.3. The van der Waals surface area contributed by atoms with Gasteiger partial charge in [-0.05, 0) is 69.2 Å². The third kappa shape index (κ3) is 11.4. The molecule has 0 saturated heterocycles. The van der Waals surface area contributed by atoms with Crippen LogP contribution < -0.4 is 4.74 Å².